The molecule has 0 radical (unpaired) electrons. The number of rotatable bonds is 5. The molecule has 6 nitrogen and oxygen atoms in total. The van der Waals surface area contributed by atoms with Crippen LogP contribution in [0.1, 0.15) is 30.6 Å². The number of amides is 2. The third kappa shape index (κ3) is 3.43. The van der Waals surface area contributed by atoms with Crippen LogP contribution >= 0.6 is 0 Å². The van der Waals surface area contributed by atoms with E-state index < -0.39 is 17.8 Å². The number of carbonyl (C=O) groups excluding carboxylic acids is 2. The molecule has 2 aliphatic rings. The van der Waals surface area contributed by atoms with E-state index in [9.17, 15) is 19.5 Å². The largest absolute Gasteiger partial charge is 0.481 e. The molecule has 0 aliphatic heterocycles. The Hall–Kier alpha value is -2.63. The molecule has 4 atom stereocenters. The molecule has 0 saturated heterocycles. The van der Waals surface area contributed by atoms with E-state index in [4.69, 9.17) is 0 Å². The van der Waals surface area contributed by atoms with Crippen LogP contribution in [0.5, 0.6) is 0 Å². The molecule has 6 heteroatoms. The van der Waals surface area contributed by atoms with Gasteiger partial charge in [-0.2, -0.15) is 0 Å². The minimum Gasteiger partial charge on any atom is -0.481 e. The van der Waals surface area contributed by atoms with Gasteiger partial charge in [0.2, 0.25) is 5.91 Å². The number of carboxylic acid groups (broad SMARTS) is 1. The van der Waals surface area contributed by atoms with Crippen LogP contribution in [0.3, 0.4) is 0 Å². The zero-order valence-electron chi connectivity index (χ0n) is 14.2. The third-order valence-electron chi connectivity index (χ3n) is 4.88. The number of anilines is 1. The average Bonchev–Trinajstić information content (AvgIpc) is 3.15. The van der Waals surface area contributed by atoms with Crippen molar-refractivity contribution in [2.24, 2.45) is 23.7 Å². The zero-order valence-corrected chi connectivity index (χ0v) is 14.2. The number of carboxylic acids is 1. The highest BCUT2D eigenvalue weighted by molar-refractivity contribution is 5.98. The first-order valence-electron chi connectivity index (χ1n) is 8.49. The lowest BCUT2D eigenvalue weighted by Gasteiger charge is -2.23. The van der Waals surface area contributed by atoms with Crippen molar-refractivity contribution < 1.29 is 19.5 Å². The van der Waals surface area contributed by atoms with Crippen LogP contribution in [0, 0.1) is 23.7 Å². The van der Waals surface area contributed by atoms with Crippen molar-refractivity contribution in [2.45, 2.75) is 26.3 Å². The summed E-state index contributed by atoms with van der Waals surface area (Å²) in [6.07, 6.45) is 4.59. The van der Waals surface area contributed by atoms with Gasteiger partial charge in [-0.3, -0.25) is 14.4 Å². The Morgan fingerprint density at radius 1 is 1.04 bits per heavy atom. The van der Waals surface area contributed by atoms with Gasteiger partial charge in [0.05, 0.1) is 11.8 Å². The molecule has 1 saturated carbocycles. The van der Waals surface area contributed by atoms with E-state index in [1.54, 1.807) is 24.3 Å². The summed E-state index contributed by atoms with van der Waals surface area (Å²) in [4.78, 5) is 36.0. The molecule has 0 heterocycles. The average molecular weight is 342 g/mol. The first-order chi connectivity index (χ1) is 11.9. The molecule has 1 aromatic carbocycles. The van der Waals surface area contributed by atoms with Crippen LogP contribution in [-0.2, 0) is 9.59 Å². The number of allylic oxidation sites excluding steroid dienone is 2. The van der Waals surface area contributed by atoms with Gasteiger partial charge in [0.25, 0.3) is 5.91 Å². The summed E-state index contributed by atoms with van der Waals surface area (Å²) >= 11 is 0. The van der Waals surface area contributed by atoms with Gasteiger partial charge in [-0.1, -0.05) is 12.2 Å². The number of hydrogen-bond donors (Lipinski definition) is 3. The van der Waals surface area contributed by atoms with E-state index in [1.165, 1.54) is 0 Å². The van der Waals surface area contributed by atoms with E-state index in [1.807, 2.05) is 26.0 Å². The predicted octanol–water partition coefficient (Wildman–Crippen LogP) is 2.29. The molecule has 3 N–H and O–H groups in total. The zero-order chi connectivity index (χ0) is 18.1. The van der Waals surface area contributed by atoms with E-state index in [0.717, 1.165) is 6.42 Å². The van der Waals surface area contributed by atoms with E-state index in [2.05, 4.69) is 10.6 Å². The van der Waals surface area contributed by atoms with E-state index in [0.29, 0.717) is 11.3 Å². The van der Waals surface area contributed by atoms with Crippen LogP contribution in [0.25, 0.3) is 0 Å². The van der Waals surface area contributed by atoms with Gasteiger partial charge >= 0.3 is 5.97 Å². The molecule has 0 unspecified atom stereocenters. The second-order valence-electron chi connectivity index (χ2n) is 7.03. The SMILES string of the molecule is CC(C)NC(=O)c1ccc(NC(=O)[C@@H]2[C@H](C(=O)O)[C@H]3C=C[C@H]2C3)cc1. The normalized spacial score (nSPS) is 26.7. The van der Waals surface area contributed by atoms with Crippen molar-refractivity contribution in [3.8, 4) is 0 Å². The van der Waals surface area contributed by atoms with Crippen LogP contribution < -0.4 is 10.6 Å². The molecule has 1 aromatic rings. The molecule has 132 valence electrons. The summed E-state index contributed by atoms with van der Waals surface area (Å²) in [6.45, 7) is 3.77. The highest BCUT2D eigenvalue weighted by atomic mass is 16.4. The number of nitrogens with one attached hydrogen (secondary N) is 2. The molecular weight excluding hydrogens is 320 g/mol. The van der Waals surface area contributed by atoms with Gasteiger partial charge in [0.15, 0.2) is 0 Å². The second kappa shape index (κ2) is 6.70. The number of hydrogen-bond acceptors (Lipinski definition) is 3. The summed E-state index contributed by atoms with van der Waals surface area (Å²) < 4.78 is 0. The molecule has 0 spiro atoms. The molecule has 2 amide bonds. The second-order valence-corrected chi connectivity index (χ2v) is 7.03. The molecule has 1 fully saturated rings. The molecule has 2 aliphatic carbocycles. The quantitative estimate of drug-likeness (QED) is 0.716. The maximum absolute atomic E-state index is 12.6. The monoisotopic (exact) mass is 342 g/mol. The van der Waals surface area contributed by atoms with Crippen LogP contribution in [0.4, 0.5) is 5.69 Å². The number of benzene rings is 1. The summed E-state index contributed by atoms with van der Waals surface area (Å²) in [6, 6.07) is 6.65. The van der Waals surface area contributed by atoms with Gasteiger partial charge in [0, 0.05) is 17.3 Å². The van der Waals surface area contributed by atoms with Crippen molar-refractivity contribution in [1.29, 1.82) is 0 Å². The van der Waals surface area contributed by atoms with Crippen molar-refractivity contribution in [1.82, 2.24) is 5.32 Å². The lowest BCUT2D eigenvalue weighted by Crippen LogP contribution is -2.36. The number of carbonyl (C=O) groups is 3. The van der Waals surface area contributed by atoms with Gasteiger partial charge in [0.1, 0.15) is 0 Å². The summed E-state index contributed by atoms with van der Waals surface area (Å²) in [5, 5.41) is 15.0. The van der Waals surface area contributed by atoms with Crippen LogP contribution in [0.15, 0.2) is 36.4 Å². The van der Waals surface area contributed by atoms with Crippen molar-refractivity contribution in [3.05, 3.63) is 42.0 Å². The summed E-state index contributed by atoms with van der Waals surface area (Å²) in [5.41, 5.74) is 1.07. The number of fused-ring (bicyclic) bond motifs is 2. The Labute approximate surface area is 146 Å². The first-order valence-corrected chi connectivity index (χ1v) is 8.49. The highest BCUT2D eigenvalue weighted by Crippen LogP contribution is 2.48. The van der Waals surface area contributed by atoms with Gasteiger partial charge in [-0.05, 0) is 56.4 Å². The summed E-state index contributed by atoms with van der Waals surface area (Å²) in [5.74, 6) is -2.64. The fraction of sp³-hybridized carbons (Fsp3) is 0.421. The van der Waals surface area contributed by atoms with Crippen LogP contribution in [-0.4, -0.2) is 28.9 Å². The smallest absolute Gasteiger partial charge is 0.307 e. The molecule has 3 rings (SSSR count). The summed E-state index contributed by atoms with van der Waals surface area (Å²) in [7, 11) is 0. The first kappa shape index (κ1) is 17.2. The lowest BCUT2D eigenvalue weighted by atomic mass is 9.82. The third-order valence-corrected chi connectivity index (χ3v) is 4.88. The molecule has 0 aromatic heterocycles. The van der Waals surface area contributed by atoms with Gasteiger partial charge in [-0.25, -0.2) is 0 Å². The Kier molecular flexibility index (Phi) is 4.61. The molecule has 2 bridgehead atoms. The Balaban J connectivity index is 1.68. The van der Waals surface area contributed by atoms with Crippen LogP contribution in [0.2, 0.25) is 0 Å². The van der Waals surface area contributed by atoms with E-state index >= 15 is 0 Å². The van der Waals surface area contributed by atoms with Crippen molar-refractivity contribution >= 4 is 23.5 Å². The van der Waals surface area contributed by atoms with Gasteiger partial charge in [-0.15, -0.1) is 0 Å². The van der Waals surface area contributed by atoms with Gasteiger partial charge < -0.3 is 15.7 Å². The maximum atomic E-state index is 12.6. The molecular formula is C19H22N2O4. The maximum Gasteiger partial charge on any atom is 0.307 e. The Bertz CT molecular complexity index is 723. The Morgan fingerprint density at radius 3 is 2.20 bits per heavy atom. The fourth-order valence-corrected chi connectivity index (χ4v) is 3.79. The Morgan fingerprint density at radius 2 is 1.64 bits per heavy atom. The predicted molar refractivity (Wildman–Crippen MR) is 93.0 cm³/mol. The minimum absolute atomic E-state index is 0.0119. The standard InChI is InChI=1S/C19H22N2O4/c1-10(2)20-17(22)11-5-7-14(8-6-11)21-18(23)15-12-3-4-13(9-12)16(15)19(24)25/h3-8,10,12-13,15-16H,9H2,1-2H3,(H,20,22)(H,21,23)(H,24,25)/t12-,13-,15-,16+/m0/s1. The minimum atomic E-state index is -0.919. The number of aliphatic carboxylic acids is 1. The fourth-order valence-electron chi connectivity index (χ4n) is 3.79. The van der Waals surface area contributed by atoms with Crippen molar-refractivity contribution in [3.63, 3.8) is 0 Å². The topological polar surface area (TPSA) is 95.5 Å². The highest BCUT2D eigenvalue weighted by Gasteiger charge is 2.51. The van der Waals surface area contributed by atoms with Crippen molar-refractivity contribution in [2.75, 3.05) is 5.32 Å². The molecule has 25 heavy (non-hydrogen) atoms. The lowest BCUT2D eigenvalue weighted by molar-refractivity contribution is -0.146. The van der Waals surface area contributed by atoms with E-state index in [-0.39, 0.29) is 29.7 Å².